The van der Waals surface area contributed by atoms with Gasteiger partial charge in [-0.25, -0.2) is 0 Å². The average Bonchev–Trinajstić information content (AvgIpc) is 2.42. The second kappa shape index (κ2) is 7.59. The molecule has 1 amide bonds. The molecule has 0 bridgehead atoms. The second-order valence-corrected chi connectivity index (χ2v) is 5.26. The third kappa shape index (κ3) is 4.72. The second-order valence-electron chi connectivity index (χ2n) is 4.34. The Morgan fingerprint density at radius 2 is 2.24 bits per heavy atom. The van der Waals surface area contributed by atoms with Crippen LogP contribution in [0.2, 0.25) is 0 Å². The van der Waals surface area contributed by atoms with Gasteiger partial charge in [-0.3, -0.25) is 14.9 Å². The van der Waals surface area contributed by atoms with Gasteiger partial charge in [0.15, 0.2) is 6.61 Å². The number of aryl methyl sites for hydroxylation is 1. The Hall–Kier alpha value is -2.14. The smallest absolute Gasteiger partial charge is 0.312 e. The number of halogens is 1. The van der Waals surface area contributed by atoms with Crippen LogP contribution in [0.5, 0.6) is 5.75 Å². The van der Waals surface area contributed by atoms with Crippen molar-refractivity contribution in [1.29, 1.82) is 5.26 Å². The Morgan fingerprint density at radius 3 is 2.81 bits per heavy atom. The zero-order valence-corrected chi connectivity index (χ0v) is 13.2. The van der Waals surface area contributed by atoms with Gasteiger partial charge in [0.1, 0.15) is 0 Å². The van der Waals surface area contributed by atoms with Crippen LogP contribution in [0.15, 0.2) is 16.6 Å². The molecule has 8 heteroatoms. The lowest BCUT2D eigenvalue weighted by Crippen LogP contribution is -2.32. The molecule has 21 heavy (non-hydrogen) atoms. The highest BCUT2D eigenvalue weighted by Gasteiger charge is 2.20. The van der Waals surface area contributed by atoms with E-state index in [1.807, 2.05) is 6.07 Å². The standard InChI is InChI=1S/C13H14BrN3O4/c1-9-6-10(14)7-11(17(19)20)13(9)21-8-12(18)16(2)5-3-4-15/h6-7H,3,5,8H2,1-2H3. The predicted octanol–water partition coefficient (Wildman–Crippen LogP) is 2.42. The molecule has 0 aliphatic carbocycles. The molecule has 0 heterocycles. The molecule has 1 rings (SSSR count). The minimum Gasteiger partial charge on any atom is -0.477 e. The molecule has 0 atom stereocenters. The molecule has 0 radical (unpaired) electrons. The van der Waals surface area contributed by atoms with Gasteiger partial charge in [-0.15, -0.1) is 0 Å². The van der Waals surface area contributed by atoms with Crippen LogP contribution in [0.1, 0.15) is 12.0 Å². The van der Waals surface area contributed by atoms with E-state index < -0.39 is 4.92 Å². The Labute approximate surface area is 130 Å². The fraction of sp³-hybridized carbons (Fsp3) is 0.385. The number of hydrogen-bond acceptors (Lipinski definition) is 5. The van der Waals surface area contributed by atoms with Gasteiger partial charge in [0, 0.05) is 24.1 Å². The van der Waals surface area contributed by atoms with Crippen LogP contribution < -0.4 is 4.74 Å². The van der Waals surface area contributed by atoms with Crippen LogP contribution in [0, 0.1) is 28.4 Å². The Kier molecular flexibility index (Phi) is 6.11. The molecule has 0 spiro atoms. The molecule has 0 saturated heterocycles. The van der Waals surface area contributed by atoms with E-state index in [2.05, 4.69) is 15.9 Å². The molecule has 7 nitrogen and oxygen atoms in total. The van der Waals surface area contributed by atoms with E-state index in [1.165, 1.54) is 11.0 Å². The molecule has 0 aromatic heterocycles. The number of rotatable bonds is 6. The zero-order valence-electron chi connectivity index (χ0n) is 11.6. The van der Waals surface area contributed by atoms with Gasteiger partial charge in [-0.2, -0.15) is 5.26 Å². The van der Waals surface area contributed by atoms with Crippen LogP contribution in [0.25, 0.3) is 0 Å². The molecule has 0 aliphatic rings. The summed E-state index contributed by atoms with van der Waals surface area (Å²) in [6, 6.07) is 4.94. The summed E-state index contributed by atoms with van der Waals surface area (Å²) in [6.45, 7) is 1.64. The van der Waals surface area contributed by atoms with Gasteiger partial charge in [0.2, 0.25) is 5.75 Å². The first-order valence-electron chi connectivity index (χ1n) is 6.05. The van der Waals surface area contributed by atoms with Crippen LogP contribution in [0.3, 0.4) is 0 Å². The van der Waals surface area contributed by atoms with Crippen LogP contribution in [0.4, 0.5) is 5.69 Å². The maximum absolute atomic E-state index is 11.8. The first kappa shape index (κ1) is 16.9. The number of likely N-dealkylation sites (N-methyl/N-ethyl adjacent to an activating group) is 1. The zero-order chi connectivity index (χ0) is 16.0. The first-order valence-corrected chi connectivity index (χ1v) is 6.84. The highest BCUT2D eigenvalue weighted by Crippen LogP contribution is 2.34. The Morgan fingerprint density at radius 1 is 1.57 bits per heavy atom. The predicted molar refractivity (Wildman–Crippen MR) is 78.9 cm³/mol. The topological polar surface area (TPSA) is 96.5 Å². The molecule has 1 aromatic rings. The molecular weight excluding hydrogens is 342 g/mol. The van der Waals surface area contributed by atoms with Crippen molar-refractivity contribution in [2.75, 3.05) is 20.2 Å². The Balaban J connectivity index is 2.82. The van der Waals surface area contributed by atoms with Crippen molar-refractivity contribution < 1.29 is 14.5 Å². The molecule has 0 aliphatic heterocycles. The lowest BCUT2D eigenvalue weighted by Gasteiger charge is -2.16. The number of nitriles is 1. The Bertz CT molecular complexity index is 598. The first-order chi connectivity index (χ1) is 9.86. The van der Waals surface area contributed by atoms with Crippen molar-refractivity contribution in [3.63, 3.8) is 0 Å². The number of amides is 1. The van der Waals surface area contributed by atoms with Crippen LogP contribution in [-0.2, 0) is 4.79 Å². The lowest BCUT2D eigenvalue weighted by atomic mass is 10.2. The van der Waals surface area contributed by atoms with Gasteiger partial charge in [0.25, 0.3) is 5.91 Å². The van der Waals surface area contributed by atoms with E-state index in [1.54, 1.807) is 20.0 Å². The number of nitro benzene ring substituents is 1. The molecule has 0 fully saturated rings. The van der Waals surface area contributed by atoms with Gasteiger partial charge in [-0.1, -0.05) is 15.9 Å². The third-order valence-corrected chi connectivity index (χ3v) is 3.20. The molecular formula is C13H14BrN3O4. The van der Waals surface area contributed by atoms with Crippen molar-refractivity contribution in [3.05, 3.63) is 32.3 Å². The summed E-state index contributed by atoms with van der Waals surface area (Å²) in [6.07, 6.45) is 0.222. The summed E-state index contributed by atoms with van der Waals surface area (Å²) in [4.78, 5) is 23.6. The minimum atomic E-state index is -0.559. The number of nitro groups is 1. The van der Waals surface area contributed by atoms with E-state index in [-0.39, 0.29) is 30.4 Å². The van der Waals surface area contributed by atoms with Crippen molar-refractivity contribution in [2.45, 2.75) is 13.3 Å². The molecule has 1 aromatic carbocycles. The summed E-state index contributed by atoms with van der Waals surface area (Å²) >= 11 is 3.18. The molecule has 0 unspecified atom stereocenters. The van der Waals surface area contributed by atoms with E-state index in [0.29, 0.717) is 16.6 Å². The fourth-order valence-corrected chi connectivity index (χ4v) is 2.18. The number of ether oxygens (including phenoxy) is 1. The van der Waals surface area contributed by atoms with E-state index in [0.717, 1.165) is 0 Å². The largest absolute Gasteiger partial charge is 0.477 e. The van der Waals surface area contributed by atoms with Gasteiger partial charge < -0.3 is 9.64 Å². The minimum absolute atomic E-state index is 0.0743. The third-order valence-electron chi connectivity index (χ3n) is 2.74. The summed E-state index contributed by atoms with van der Waals surface area (Å²) < 4.78 is 5.88. The molecule has 112 valence electrons. The highest BCUT2D eigenvalue weighted by molar-refractivity contribution is 9.10. The van der Waals surface area contributed by atoms with Crippen molar-refractivity contribution in [1.82, 2.24) is 4.90 Å². The van der Waals surface area contributed by atoms with E-state index in [4.69, 9.17) is 10.00 Å². The number of carbonyl (C=O) groups excluding carboxylic acids is 1. The maximum Gasteiger partial charge on any atom is 0.312 e. The summed E-state index contributed by atoms with van der Waals surface area (Å²) in [5.74, 6) is -0.271. The van der Waals surface area contributed by atoms with Crippen molar-refractivity contribution in [2.24, 2.45) is 0 Å². The average molecular weight is 356 g/mol. The van der Waals surface area contributed by atoms with Gasteiger partial charge in [-0.05, 0) is 18.6 Å². The summed E-state index contributed by atoms with van der Waals surface area (Å²) in [7, 11) is 1.55. The van der Waals surface area contributed by atoms with E-state index in [9.17, 15) is 14.9 Å². The fourth-order valence-electron chi connectivity index (χ4n) is 1.62. The quantitative estimate of drug-likeness (QED) is 0.576. The maximum atomic E-state index is 11.8. The van der Waals surface area contributed by atoms with Crippen molar-refractivity contribution in [3.8, 4) is 11.8 Å². The number of nitrogens with zero attached hydrogens (tertiary/aromatic N) is 3. The van der Waals surface area contributed by atoms with Crippen molar-refractivity contribution >= 4 is 27.5 Å². The molecule has 0 saturated carbocycles. The normalized spacial score (nSPS) is 9.81. The number of hydrogen-bond donors (Lipinski definition) is 0. The van der Waals surface area contributed by atoms with Crippen LogP contribution >= 0.6 is 15.9 Å². The lowest BCUT2D eigenvalue weighted by molar-refractivity contribution is -0.385. The van der Waals surface area contributed by atoms with Crippen LogP contribution in [-0.4, -0.2) is 35.9 Å². The number of carbonyl (C=O) groups is 1. The van der Waals surface area contributed by atoms with Gasteiger partial charge in [0.05, 0.1) is 17.4 Å². The summed E-state index contributed by atoms with van der Waals surface area (Å²) in [5, 5.41) is 19.5. The SMILES string of the molecule is Cc1cc(Br)cc([N+](=O)[O-])c1OCC(=O)N(C)CCC#N. The number of benzene rings is 1. The molecule has 0 N–H and O–H groups in total. The van der Waals surface area contributed by atoms with E-state index >= 15 is 0 Å². The van der Waals surface area contributed by atoms with Gasteiger partial charge >= 0.3 is 5.69 Å². The summed E-state index contributed by atoms with van der Waals surface area (Å²) in [5.41, 5.74) is 0.359. The highest BCUT2D eigenvalue weighted by atomic mass is 79.9. The monoisotopic (exact) mass is 355 g/mol.